The molecule has 0 saturated carbocycles. The molecule has 0 radical (unpaired) electrons. The lowest BCUT2D eigenvalue weighted by Gasteiger charge is -2.35. The first-order valence-corrected chi connectivity index (χ1v) is 10.4. The van der Waals surface area contributed by atoms with Crippen LogP contribution in [0.15, 0.2) is 66.9 Å². The van der Waals surface area contributed by atoms with Crippen LogP contribution in [0.5, 0.6) is 17.4 Å². The quantitative estimate of drug-likeness (QED) is 0.646. The molecule has 0 spiro atoms. The van der Waals surface area contributed by atoms with Gasteiger partial charge in [0.15, 0.2) is 0 Å². The Morgan fingerprint density at radius 3 is 2.62 bits per heavy atom. The van der Waals surface area contributed by atoms with Crippen molar-refractivity contribution in [3.63, 3.8) is 0 Å². The van der Waals surface area contributed by atoms with Crippen molar-refractivity contribution in [1.82, 2.24) is 15.2 Å². The van der Waals surface area contributed by atoms with E-state index < -0.39 is 6.04 Å². The first-order chi connectivity index (χ1) is 15.5. The second kappa shape index (κ2) is 9.51. The SMILES string of the molecule is COc1cccc(Oc2ncccc2CNC(=O)C2Cc3ccccc3CN2C(C)=O)c1. The summed E-state index contributed by atoms with van der Waals surface area (Å²) in [6.07, 6.45) is 2.12. The largest absolute Gasteiger partial charge is 0.497 e. The molecule has 2 aromatic carbocycles. The van der Waals surface area contributed by atoms with Gasteiger partial charge in [-0.1, -0.05) is 36.4 Å². The number of hydrogen-bond donors (Lipinski definition) is 1. The number of fused-ring (bicyclic) bond motifs is 1. The lowest BCUT2D eigenvalue weighted by Crippen LogP contribution is -2.51. The van der Waals surface area contributed by atoms with E-state index in [0.717, 1.165) is 16.7 Å². The Kier molecular flexibility index (Phi) is 6.35. The van der Waals surface area contributed by atoms with E-state index in [-0.39, 0.29) is 18.4 Å². The molecule has 2 heterocycles. The highest BCUT2D eigenvalue weighted by Gasteiger charge is 2.32. The van der Waals surface area contributed by atoms with Gasteiger partial charge in [-0.2, -0.15) is 0 Å². The van der Waals surface area contributed by atoms with Crippen molar-refractivity contribution >= 4 is 11.8 Å². The molecule has 1 aliphatic heterocycles. The number of benzene rings is 2. The Morgan fingerprint density at radius 1 is 1.06 bits per heavy atom. The van der Waals surface area contributed by atoms with Crippen molar-refractivity contribution in [2.24, 2.45) is 0 Å². The highest BCUT2D eigenvalue weighted by molar-refractivity contribution is 5.87. The fourth-order valence-electron chi connectivity index (χ4n) is 3.82. The third-order valence-corrected chi connectivity index (χ3v) is 5.51. The molecule has 4 rings (SSSR count). The molecule has 1 N–H and O–H groups in total. The fourth-order valence-corrected chi connectivity index (χ4v) is 3.82. The molecule has 32 heavy (non-hydrogen) atoms. The Bertz CT molecular complexity index is 1130. The van der Waals surface area contributed by atoms with E-state index in [9.17, 15) is 9.59 Å². The van der Waals surface area contributed by atoms with Crippen LogP contribution in [0.1, 0.15) is 23.6 Å². The van der Waals surface area contributed by atoms with Crippen LogP contribution in [0, 0.1) is 0 Å². The van der Waals surface area contributed by atoms with Crippen LogP contribution >= 0.6 is 0 Å². The zero-order valence-electron chi connectivity index (χ0n) is 18.1. The summed E-state index contributed by atoms with van der Waals surface area (Å²) >= 11 is 0. The van der Waals surface area contributed by atoms with E-state index in [4.69, 9.17) is 9.47 Å². The highest BCUT2D eigenvalue weighted by atomic mass is 16.5. The van der Waals surface area contributed by atoms with Crippen LogP contribution in [0.25, 0.3) is 0 Å². The first kappa shape index (κ1) is 21.4. The monoisotopic (exact) mass is 431 g/mol. The zero-order valence-corrected chi connectivity index (χ0v) is 18.1. The number of methoxy groups -OCH3 is 1. The third-order valence-electron chi connectivity index (χ3n) is 5.51. The number of ether oxygens (including phenoxy) is 2. The van der Waals surface area contributed by atoms with E-state index in [1.165, 1.54) is 6.92 Å². The van der Waals surface area contributed by atoms with Crippen molar-refractivity contribution in [2.45, 2.75) is 32.5 Å². The van der Waals surface area contributed by atoms with E-state index >= 15 is 0 Å². The molecular formula is C25H25N3O4. The minimum absolute atomic E-state index is 0.122. The van der Waals surface area contributed by atoms with Gasteiger partial charge in [-0.15, -0.1) is 0 Å². The van der Waals surface area contributed by atoms with Gasteiger partial charge in [-0.25, -0.2) is 4.98 Å². The number of amides is 2. The summed E-state index contributed by atoms with van der Waals surface area (Å²) < 4.78 is 11.2. The molecule has 164 valence electrons. The molecule has 1 aliphatic rings. The van der Waals surface area contributed by atoms with Crippen molar-refractivity contribution in [3.05, 3.63) is 83.6 Å². The minimum Gasteiger partial charge on any atom is -0.497 e. The maximum absolute atomic E-state index is 13.1. The van der Waals surface area contributed by atoms with Crippen molar-refractivity contribution in [2.75, 3.05) is 7.11 Å². The number of aromatic nitrogens is 1. The summed E-state index contributed by atoms with van der Waals surface area (Å²) in [7, 11) is 1.59. The molecule has 7 heteroatoms. The number of nitrogens with zero attached hydrogens (tertiary/aromatic N) is 2. The molecule has 0 bridgehead atoms. The second-order valence-corrected chi connectivity index (χ2v) is 7.60. The number of hydrogen-bond acceptors (Lipinski definition) is 5. The summed E-state index contributed by atoms with van der Waals surface area (Å²) in [5, 5.41) is 2.96. The summed E-state index contributed by atoms with van der Waals surface area (Å²) in [5.74, 6) is 1.34. The summed E-state index contributed by atoms with van der Waals surface area (Å²) in [5.41, 5.74) is 2.90. The Morgan fingerprint density at radius 2 is 1.84 bits per heavy atom. The number of rotatable bonds is 6. The maximum Gasteiger partial charge on any atom is 0.243 e. The van der Waals surface area contributed by atoms with E-state index in [0.29, 0.717) is 30.3 Å². The maximum atomic E-state index is 13.1. The molecule has 1 aromatic heterocycles. The predicted octanol–water partition coefficient (Wildman–Crippen LogP) is 3.47. The first-order valence-electron chi connectivity index (χ1n) is 10.4. The van der Waals surface area contributed by atoms with Gasteiger partial charge in [0.1, 0.15) is 17.5 Å². The molecule has 1 atom stereocenters. The number of carbonyl (C=O) groups excluding carboxylic acids is 2. The molecule has 0 aliphatic carbocycles. The average Bonchev–Trinajstić information content (AvgIpc) is 2.82. The van der Waals surface area contributed by atoms with Crippen LogP contribution in [-0.4, -0.2) is 34.8 Å². The molecular weight excluding hydrogens is 406 g/mol. The number of nitrogens with one attached hydrogen (secondary N) is 1. The van der Waals surface area contributed by atoms with Gasteiger partial charge < -0.3 is 19.7 Å². The Balaban J connectivity index is 1.47. The van der Waals surface area contributed by atoms with E-state index in [1.54, 1.807) is 30.3 Å². The predicted molar refractivity (Wildman–Crippen MR) is 119 cm³/mol. The zero-order chi connectivity index (χ0) is 22.5. The fraction of sp³-hybridized carbons (Fsp3) is 0.240. The third kappa shape index (κ3) is 4.72. The lowest BCUT2D eigenvalue weighted by molar-refractivity contribution is -0.140. The minimum atomic E-state index is -0.554. The van der Waals surface area contributed by atoms with Gasteiger partial charge in [-0.3, -0.25) is 9.59 Å². The molecule has 0 fully saturated rings. The number of pyridine rings is 1. The average molecular weight is 431 g/mol. The van der Waals surface area contributed by atoms with Crippen molar-refractivity contribution in [1.29, 1.82) is 0 Å². The van der Waals surface area contributed by atoms with Gasteiger partial charge in [-0.05, 0) is 29.3 Å². The number of carbonyl (C=O) groups is 2. The summed E-state index contributed by atoms with van der Waals surface area (Å²) in [4.78, 5) is 31.2. The van der Waals surface area contributed by atoms with Gasteiger partial charge in [0, 0.05) is 44.3 Å². The van der Waals surface area contributed by atoms with Gasteiger partial charge in [0.25, 0.3) is 0 Å². The van der Waals surface area contributed by atoms with Crippen LogP contribution in [-0.2, 0) is 29.1 Å². The van der Waals surface area contributed by atoms with Crippen LogP contribution < -0.4 is 14.8 Å². The molecule has 3 aromatic rings. The van der Waals surface area contributed by atoms with Gasteiger partial charge in [0.05, 0.1) is 7.11 Å². The molecule has 7 nitrogen and oxygen atoms in total. The highest BCUT2D eigenvalue weighted by Crippen LogP contribution is 2.27. The lowest BCUT2D eigenvalue weighted by atomic mass is 9.93. The van der Waals surface area contributed by atoms with Crippen LogP contribution in [0.3, 0.4) is 0 Å². The molecule has 0 saturated heterocycles. The summed E-state index contributed by atoms with van der Waals surface area (Å²) in [6, 6.07) is 18.2. The normalized spacial score (nSPS) is 14.9. The van der Waals surface area contributed by atoms with Crippen molar-refractivity contribution in [3.8, 4) is 17.4 Å². The van der Waals surface area contributed by atoms with Gasteiger partial charge in [0.2, 0.25) is 17.7 Å². The van der Waals surface area contributed by atoms with Crippen molar-refractivity contribution < 1.29 is 19.1 Å². The smallest absolute Gasteiger partial charge is 0.243 e. The Hall–Kier alpha value is -3.87. The van der Waals surface area contributed by atoms with Crippen LogP contribution in [0.2, 0.25) is 0 Å². The van der Waals surface area contributed by atoms with E-state index in [2.05, 4.69) is 10.3 Å². The standard InChI is InChI=1S/C25H25N3O4/c1-17(29)28-16-20-8-4-3-7-18(20)13-23(28)24(30)27-15-19-9-6-12-26-25(19)32-22-11-5-10-21(14-22)31-2/h3-12,14,23H,13,15-16H2,1-2H3,(H,27,30). The second-order valence-electron chi connectivity index (χ2n) is 7.60. The molecule has 1 unspecified atom stereocenters. The van der Waals surface area contributed by atoms with Gasteiger partial charge >= 0.3 is 0 Å². The Labute approximate surface area is 187 Å². The molecule has 2 amide bonds. The topological polar surface area (TPSA) is 80.8 Å². The summed E-state index contributed by atoms with van der Waals surface area (Å²) in [6.45, 7) is 2.16. The van der Waals surface area contributed by atoms with Crippen LogP contribution in [0.4, 0.5) is 0 Å². The van der Waals surface area contributed by atoms with E-state index in [1.807, 2.05) is 48.5 Å².